The van der Waals surface area contributed by atoms with Gasteiger partial charge in [0.1, 0.15) is 5.76 Å². The number of halogens is 3. The number of carbonyl (C=O) groups is 1. The Morgan fingerprint density at radius 3 is 2.63 bits per heavy atom. The van der Waals surface area contributed by atoms with Gasteiger partial charge < -0.3 is 14.2 Å². The van der Waals surface area contributed by atoms with E-state index in [0.29, 0.717) is 25.3 Å². The molecule has 0 saturated carbocycles. The monoisotopic (exact) mass is 380 g/mol. The van der Waals surface area contributed by atoms with E-state index in [0.717, 1.165) is 11.3 Å². The van der Waals surface area contributed by atoms with Crippen LogP contribution < -0.4 is 4.90 Å². The van der Waals surface area contributed by atoms with Crippen molar-refractivity contribution >= 4 is 11.6 Å². The predicted octanol–water partition coefficient (Wildman–Crippen LogP) is 4.40. The zero-order chi connectivity index (χ0) is 19.4. The number of alkyl halides is 3. The average Bonchev–Trinajstić information content (AvgIpc) is 3.14. The van der Waals surface area contributed by atoms with E-state index < -0.39 is 12.1 Å². The molecule has 1 saturated heterocycles. The fourth-order valence-corrected chi connectivity index (χ4v) is 3.32. The zero-order valence-electron chi connectivity index (χ0n) is 15.2. The molecule has 1 atom stereocenters. The van der Waals surface area contributed by atoms with Crippen LogP contribution in [0.15, 0.2) is 47.1 Å². The van der Waals surface area contributed by atoms with Gasteiger partial charge in [0, 0.05) is 18.8 Å². The van der Waals surface area contributed by atoms with Crippen LogP contribution in [0, 0.1) is 12.8 Å². The third-order valence-corrected chi connectivity index (χ3v) is 4.89. The van der Waals surface area contributed by atoms with E-state index in [-0.39, 0.29) is 25.4 Å². The van der Waals surface area contributed by atoms with Gasteiger partial charge in [-0.15, -0.1) is 0 Å². The van der Waals surface area contributed by atoms with Gasteiger partial charge in [0.2, 0.25) is 5.91 Å². The van der Waals surface area contributed by atoms with E-state index in [1.807, 2.05) is 42.2 Å². The summed E-state index contributed by atoms with van der Waals surface area (Å²) in [7, 11) is 0. The van der Waals surface area contributed by atoms with Crippen molar-refractivity contribution in [3.63, 3.8) is 0 Å². The molecule has 1 fully saturated rings. The van der Waals surface area contributed by atoms with Gasteiger partial charge in [-0.25, -0.2) is 0 Å². The predicted molar refractivity (Wildman–Crippen MR) is 96.3 cm³/mol. The average molecular weight is 380 g/mol. The standard InChI is InChI=1S/C20H23F3N2O2/c1-15-6-8-17(9-7-15)25(13-18-5-3-11-27-18)14-19(26)24-10-2-4-16(12-24)20(21,22)23/h3,5-9,11,16H,2,4,10,12-14H2,1H3. The van der Waals surface area contributed by atoms with Crippen LogP contribution in [0.2, 0.25) is 0 Å². The van der Waals surface area contributed by atoms with Gasteiger partial charge in [-0.05, 0) is 44.0 Å². The summed E-state index contributed by atoms with van der Waals surface area (Å²) in [6, 6.07) is 11.3. The molecule has 0 aliphatic carbocycles. The third-order valence-electron chi connectivity index (χ3n) is 4.89. The van der Waals surface area contributed by atoms with Crippen molar-refractivity contribution in [3.05, 3.63) is 54.0 Å². The summed E-state index contributed by atoms with van der Waals surface area (Å²) in [5.41, 5.74) is 1.92. The Hall–Kier alpha value is -2.44. The highest BCUT2D eigenvalue weighted by Gasteiger charge is 2.42. The first kappa shape index (κ1) is 19.3. The molecular weight excluding hydrogens is 357 g/mol. The Morgan fingerprint density at radius 2 is 2.00 bits per heavy atom. The minimum atomic E-state index is -4.26. The van der Waals surface area contributed by atoms with Gasteiger partial charge in [0.15, 0.2) is 0 Å². The van der Waals surface area contributed by atoms with E-state index in [4.69, 9.17) is 4.42 Å². The van der Waals surface area contributed by atoms with Crippen LogP contribution in [-0.4, -0.2) is 36.6 Å². The smallest absolute Gasteiger partial charge is 0.393 e. The number of benzene rings is 1. The second kappa shape index (κ2) is 8.06. The number of furan rings is 1. The molecule has 1 unspecified atom stereocenters. The molecule has 0 radical (unpaired) electrons. The topological polar surface area (TPSA) is 36.7 Å². The van der Waals surface area contributed by atoms with Crippen LogP contribution >= 0.6 is 0 Å². The molecule has 0 bridgehead atoms. The van der Waals surface area contributed by atoms with Crippen molar-refractivity contribution in [2.45, 2.75) is 32.5 Å². The number of nitrogens with zero attached hydrogens (tertiary/aromatic N) is 2. The fraction of sp³-hybridized carbons (Fsp3) is 0.450. The van der Waals surface area contributed by atoms with E-state index in [1.165, 1.54) is 4.90 Å². The highest BCUT2D eigenvalue weighted by molar-refractivity contribution is 5.81. The van der Waals surface area contributed by atoms with Crippen molar-refractivity contribution in [2.24, 2.45) is 5.92 Å². The van der Waals surface area contributed by atoms with Crippen LogP contribution in [0.3, 0.4) is 0 Å². The molecule has 1 amide bonds. The van der Waals surface area contributed by atoms with Gasteiger partial charge in [0.25, 0.3) is 0 Å². The Balaban J connectivity index is 1.72. The normalized spacial score (nSPS) is 17.8. The number of anilines is 1. The van der Waals surface area contributed by atoms with Crippen LogP contribution in [-0.2, 0) is 11.3 Å². The number of hydrogen-bond acceptors (Lipinski definition) is 3. The lowest BCUT2D eigenvalue weighted by Gasteiger charge is -2.35. The molecule has 1 aromatic carbocycles. The highest BCUT2D eigenvalue weighted by atomic mass is 19.4. The molecule has 3 rings (SSSR count). The van der Waals surface area contributed by atoms with Crippen LogP contribution in [0.5, 0.6) is 0 Å². The van der Waals surface area contributed by atoms with Crippen molar-refractivity contribution < 1.29 is 22.4 Å². The molecule has 1 aliphatic heterocycles. The Bertz CT molecular complexity index is 742. The molecule has 146 valence electrons. The lowest BCUT2D eigenvalue weighted by atomic mass is 9.97. The van der Waals surface area contributed by atoms with Crippen molar-refractivity contribution in [3.8, 4) is 0 Å². The van der Waals surface area contributed by atoms with Crippen molar-refractivity contribution in [2.75, 3.05) is 24.5 Å². The first-order valence-corrected chi connectivity index (χ1v) is 9.01. The lowest BCUT2D eigenvalue weighted by Crippen LogP contribution is -2.48. The first-order chi connectivity index (χ1) is 12.8. The molecule has 2 heterocycles. The minimum absolute atomic E-state index is 0.00827. The van der Waals surface area contributed by atoms with Crippen LogP contribution in [0.1, 0.15) is 24.2 Å². The summed E-state index contributed by atoms with van der Waals surface area (Å²) < 4.78 is 44.5. The number of piperidine rings is 1. The quantitative estimate of drug-likeness (QED) is 0.772. The fourth-order valence-electron chi connectivity index (χ4n) is 3.32. The molecule has 27 heavy (non-hydrogen) atoms. The highest BCUT2D eigenvalue weighted by Crippen LogP contribution is 2.33. The molecule has 7 heteroatoms. The number of likely N-dealkylation sites (tertiary alicyclic amines) is 1. The summed E-state index contributed by atoms with van der Waals surface area (Å²) >= 11 is 0. The van der Waals surface area contributed by atoms with E-state index in [1.54, 1.807) is 12.3 Å². The van der Waals surface area contributed by atoms with E-state index in [9.17, 15) is 18.0 Å². The summed E-state index contributed by atoms with van der Waals surface area (Å²) in [6.07, 6.45) is -2.24. The van der Waals surface area contributed by atoms with E-state index >= 15 is 0 Å². The van der Waals surface area contributed by atoms with Crippen LogP contribution in [0.25, 0.3) is 0 Å². The minimum Gasteiger partial charge on any atom is -0.467 e. The number of amides is 1. The second-order valence-electron chi connectivity index (χ2n) is 6.99. The maximum atomic E-state index is 13.0. The van der Waals surface area contributed by atoms with Crippen molar-refractivity contribution in [1.29, 1.82) is 0 Å². The zero-order valence-corrected chi connectivity index (χ0v) is 15.2. The summed E-state index contributed by atoms with van der Waals surface area (Å²) in [6.45, 7) is 2.46. The lowest BCUT2D eigenvalue weighted by molar-refractivity contribution is -0.187. The van der Waals surface area contributed by atoms with Crippen LogP contribution in [0.4, 0.5) is 18.9 Å². The number of carbonyl (C=O) groups excluding carboxylic acids is 1. The second-order valence-corrected chi connectivity index (χ2v) is 6.99. The number of aryl methyl sites for hydroxylation is 1. The maximum absolute atomic E-state index is 13.0. The third kappa shape index (κ3) is 5.05. The number of hydrogen-bond donors (Lipinski definition) is 0. The van der Waals surface area contributed by atoms with Gasteiger partial charge in [-0.1, -0.05) is 17.7 Å². The molecule has 2 aromatic rings. The number of rotatable bonds is 5. The Labute approximate surface area is 156 Å². The molecule has 1 aliphatic rings. The molecular formula is C20H23F3N2O2. The first-order valence-electron chi connectivity index (χ1n) is 9.01. The Morgan fingerprint density at radius 1 is 1.26 bits per heavy atom. The summed E-state index contributed by atoms with van der Waals surface area (Å²) in [4.78, 5) is 15.9. The molecule has 0 N–H and O–H groups in total. The molecule has 4 nitrogen and oxygen atoms in total. The molecule has 0 spiro atoms. The largest absolute Gasteiger partial charge is 0.467 e. The van der Waals surface area contributed by atoms with E-state index in [2.05, 4.69) is 0 Å². The molecule has 1 aromatic heterocycles. The Kier molecular flexibility index (Phi) is 5.77. The summed E-state index contributed by atoms with van der Waals surface area (Å²) in [5.74, 6) is -1.04. The SMILES string of the molecule is Cc1ccc(N(CC(=O)N2CCCC(C(F)(F)F)C2)Cc2ccco2)cc1. The maximum Gasteiger partial charge on any atom is 0.393 e. The van der Waals surface area contributed by atoms with Gasteiger partial charge in [-0.3, -0.25) is 4.79 Å². The van der Waals surface area contributed by atoms with Gasteiger partial charge >= 0.3 is 6.18 Å². The van der Waals surface area contributed by atoms with Gasteiger partial charge in [-0.2, -0.15) is 13.2 Å². The van der Waals surface area contributed by atoms with Crippen molar-refractivity contribution in [1.82, 2.24) is 4.90 Å². The van der Waals surface area contributed by atoms with Gasteiger partial charge in [0.05, 0.1) is 25.3 Å². The summed E-state index contributed by atoms with van der Waals surface area (Å²) in [5, 5.41) is 0.